The van der Waals surface area contributed by atoms with Gasteiger partial charge in [-0.2, -0.15) is 0 Å². The molecule has 2 atom stereocenters. The molecule has 1 saturated carbocycles. The van der Waals surface area contributed by atoms with Gasteiger partial charge in [-0.3, -0.25) is 0 Å². The average molecular weight is 211 g/mol. The number of methoxy groups -OCH3 is 1. The van der Waals surface area contributed by atoms with E-state index in [4.69, 9.17) is 0 Å². The van der Waals surface area contributed by atoms with Gasteiger partial charge in [0, 0.05) is 12.1 Å². The number of hydrogen-bond acceptors (Lipinski definition) is 3. The van der Waals surface area contributed by atoms with Gasteiger partial charge in [-0.1, -0.05) is 19.9 Å². The Bertz CT molecular complexity index is 248. The highest BCUT2D eigenvalue weighted by atomic mass is 16.5. The zero-order valence-electron chi connectivity index (χ0n) is 9.88. The van der Waals surface area contributed by atoms with E-state index in [1.165, 1.54) is 13.5 Å². The molecule has 3 nitrogen and oxygen atoms in total. The van der Waals surface area contributed by atoms with Crippen LogP contribution in [0.1, 0.15) is 26.7 Å². The van der Waals surface area contributed by atoms with E-state index < -0.39 is 0 Å². The number of hydrogen-bond donors (Lipinski definition) is 1. The first-order valence-electron chi connectivity index (χ1n) is 5.67. The van der Waals surface area contributed by atoms with Crippen LogP contribution in [-0.2, 0) is 9.53 Å². The van der Waals surface area contributed by atoms with Crippen molar-refractivity contribution in [2.75, 3.05) is 20.2 Å². The SMILES string of the molecule is CCC(=CCNCC1CC1C)C(=O)OC. The summed E-state index contributed by atoms with van der Waals surface area (Å²) >= 11 is 0. The van der Waals surface area contributed by atoms with Crippen LogP contribution in [0.25, 0.3) is 0 Å². The molecule has 86 valence electrons. The van der Waals surface area contributed by atoms with Crippen molar-refractivity contribution in [3.8, 4) is 0 Å². The molecule has 0 heterocycles. The molecule has 0 saturated heterocycles. The highest BCUT2D eigenvalue weighted by molar-refractivity contribution is 5.88. The minimum absolute atomic E-state index is 0.209. The summed E-state index contributed by atoms with van der Waals surface area (Å²) in [6.45, 7) is 6.07. The first kappa shape index (κ1) is 12.2. The smallest absolute Gasteiger partial charge is 0.333 e. The molecule has 1 rings (SSSR count). The molecule has 0 aromatic rings. The molecular weight excluding hydrogens is 190 g/mol. The maximum Gasteiger partial charge on any atom is 0.333 e. The summed E-state index contributed by atoms with van der Waals surface area (Å²) in [6, 6.07) is 0. The van der Waals surface area contributed by atoms with E-state index in [2.05, 4.69) is 17.0 Å². The van der Waals surface area contributed by atoms with Crippen LogP contribution in [0.5, 0.6) is 0 Å². The quantitative estimate of drug-likeness (QED) is 0.413. The summed E-state index contributed by atoms with van der Waals surface area (Å²) in [5, 5.41) is 3.34. The predicted octanol–water partition coefficient (Wildman–Crippen LogP) is 1.74. The van der Waals surface area contributed by atoms with E-state index >= 15 is 0 Å². The van der Waals surface area contributed by atoms with E-state index in [1.54, 1.807) is 0 Å². The molecule has 0 aromatic heterocycles. The fourth-order valence-corrected chi connectivity index (χ4v) is 1.65. The molecule has 0 spiro atoms. The molecule has 1 aliphatic carbocycles. The van der Waals surface area contributed by atoms with Gasteiger partial charge in [0.1, 0.15) is 0 Å². The van der Waals surface area contributed by atoms with Gasteiger partial charge in [0.2, 0.25) is 0 Å². The molecule has 0 bridgehead atoms. The lowest BCUT2D eigenvalue weighted by Gasteiger charge is -2.03. The van der Waals surface area contributed by atoms with Crippen molar-refractivity contribution in [2.45, 2.75) is 26.7 Å². The van der Waals surface area contributed by atoms with Gasteiger partial charge in [0.15, 0.2) is 0 Å². The van der Waals surface area contributed by atoms with Crippen LogP contribution in [0.2, 0.25) is 0 Å². The Hall–Kier alpha value is -0.830. The van der Waals surface area contributed by atoms with E-state index in [-0.39, 0.29) is 5.97 Å². The number of ether oxygens (including phenoxy) is 1. The summed E-state index contributed by atoms with van der Waals surface area (Å²) in [4.78, 5) is 11.2. The topological polar surface area (TPSA) is 38.3 Å². The van der Waals surface area contributed by atoms with Gasteiger partial charge in [-0.15, -0.1) is 0 Å². The third kappa shape index (κ3) is 4.04. The Morgan fingerprint density at radius 1 is 1.60 bits per heavy atom. The number of nitrogens with one attached hydrogen (secondary N) is 1. The second-order valence-electron chi connectivity index (χ2n) is 4.21. The van der Waals surface area contributed by atoms with Crippen molar-refractivity contribution in [3.05, 3.63) is 11.6 Å². The van der Waals surface area contributed by atoms with Crippen LogP contribution < -0.4 is 5.32 Å². The Kier molecular flexibility index (Phi) is 4.82. The number of esters is 1. The molecule has 2 unspecified atom stereocenters. The fourth-order valence-electron chi connectivity index (χ4n) is 1.65. The zero-order valence-corrected chi connectivity index (χ0v) is 9.88. The molecule has 3 heteroatoms. The van der Waals surface area contributed by atoms with Gasteiger partial charge in [-0.25, -0.2) is 4.79 Å². The molecule has 1 N–H and O–H groups in total. The Balaban J connectivity index is 2.19. The van der Waals surface area contributed by atoms with Crippen LogP contribution in [0, 0.1) is 11.8 Å². The Morgan fingerprint density at radius 2 is 2.27 bits per heavy atom. The highest BCUT2D eigenvalue weighted by Crippen LogP contribution is 2.36. The van der Waals surface area contributed by atoms with Crippen molar-refractivity contribution >= 4 is 5.97 Å². The second kappa shape index (κ2) is 5.91. The van der Waals surface area contributed by atoms with Crippen molar-refractivity contribution in [1.29, 1.82) is 0 Å². The summed E-state index contributed by atoms with van der Waals surface area (Å²) in [5.74, 6) is 1.52. The summed E-state index contributed by atoms with van der Waals surface area (Å²) in [5.41, 5.74) is 0.758. The maximum atomic E-state index is 11.2. The lowest BCUT2D eigenvalue weighted by molar-refractivity contribution is -0.136. The van der Waals surface area contributed by atoms with Crippen LogP contribution >= 0.6 is 0 Å². The van der Waals surface area contributed by atoms with Gasteiger partial charge in [-0.05, 0) is 31.2 Å². The van der Waals surface area contributed by atoms with Crippen LogP contribution in [0.3, 0.4) is 0 Å². The van der Waals surface area contributed by atoms with E-state index in [9.17, 15) is 4.79 Å². The van der Waals surface area contributed by atoms with Crippen molar-refractivity contribution in [3.63, 3.8) is 0 Å². The fraction of sp³-hybridized carbons (Fsp3) is 0.750. The summed E-state index contributed by atoms with van der Waals surface area (Å²) < 4.78 is 4.68. The number of rotatable bonds is 6. The minimum atomic E-state index is -0.209. The van der Waals surface area contributed by atoms with Gasteiger partial charge >= 0.3 is 5.97 Å². The lowest BCUT2D eigenvalue weighted by Crippen LogP contribution is -2.18. The Morgan fingerprint density at radius 3 is 2.73 bits per heavy atom. The van der Waals surface area contributed by atoms with E-state index in [0.717, 1.165) is 36.9 Å². The third-order valence-electron chi connectivity index (χ3n) is 3.00. The van der Waals surface area contributed by atoms with Crippen molar-refractivity contribution in [1.82, 2.24) is 5.32 Å². The largest absolute Gasteiger partial charge is 0.466 e. The summed E-state index contributed by atoms with van der Waals surface area (Å²) in [7, 11) is 1.42. The zero-order chi connectivity index (χ0) is 11.3. The molecule has 0 aromatic carbocycles. The standard InChI is InChI=1S/C12H21NO2/c1-4-10(12(14)15-3)5-6-13-8-11-7-9(11)2/h5,9,11,13H,4,6-8H2,1-3H3. The monoisotopic (exact) mass is 211 g/mol. The van der Waals surface area contributed by atoms with Crippen LogP contribution in [0.4, 0.5) is 0 Å². The highest BCUT2D eigenvalue weighted by Gasteiger charge is 2.31. The molecule has 15 heavy (non-hydrogen) atoms. The minimum Gasteiger partial charge on any atom is -0.466 e. The lowest BCUT2D eigenvalue weighted by atomic mass is 10.2. The Labute approximate surface area is 91.9 Å². The van der Waals surface area contributed by atoms with Crippen molar-refractivity contribution < 1.29 is 9.53 Å². The molecule has 1 aliphatic rings. The van der Waals surface area contributed by atoms with E-state index in [1.807, 2.05) is 13.0 Å². The van der Waals surface area contributed by atoms with Gasteiger partial charge in [0.25, 0.3) is 0 Å². The summed E-state index contributed by atoms with van der Waals surface area (Å²) in [6.07, 6.45) is 4.00. The second-order valence-corrected chi connectivity index (χ2v) is 4.21. The first-order chi connectivity index (χ1) is 7.19. The molecule has 0 aliphatic heterocycles. The normalized spacial score (nSPS) is 25.1. The first-order valence-corrected chi connectivity index (χ1v) is 5.67. The molecule has 1 fully saturated rings. The molecule has 0 amide bonds. The third-order valence-corrected chi connectivity index (χ3v) is 3.00. The van der Waals surface area contributed by atoms with Crippen LogP contribution in [-0.4, -0.2) is 26.2 Å². The predicted molar refractivity (Wildman–Crippen MR) is 60.5 cm³/mol. The number of carbonyl (C=O) groups is 1. The molecular formula is C12H21NO2. The van der Waals surface area contributed by atoms with Gasteiger partial charge in [0.05, 0.1) is 7.11 Å². The van der Waals surface area contributed by atoms with E-state index in [0.29, 0.717) is 0 Å². The van der Waals surface area contributed by atoms with Crippen LogP contribution in [0.15, 0.2) is 11.6 Å². The maximum absolute atomic E-state index is 11.2. The average Bonchev–Trinajstić information content (AvgIpc) is 2.94. The van der Waals surface area contributed by atoms with Gasteiger partial charge < -0.3 is 10.1 Å². The number of carbonyl (C=O) groups excluding carboxylic acids is 1. The van der Waals surface area contributed by atoms with Crippen molar-refractivity contribution in [2.24, 2.45) is 11.8 Å². The molecule has 0 radical (unpaired) electrons.